The number of hydrogen-bond donors (Lipinski definition) is 1. The van der Waals surface area contributed by atoms with Crippen LogP contribution in [0.5, 0.6) is 0 Å². The highest BCUT2D eigenvalue weighted by molar-refractivity contribution is 7.93. The van der Waals surface area contributed by atoms with Gasteiger partial charge >= 0.3 is 0 Å². The van der Waals surface area contributed by atoms with Crippen LogP contribution in [-0.4, -0.2) is 13.6 Å². The topological polar surface area (TPSA) is 72.2 Å². The van der Waals surface area contributed by atoms with Gasteiger partial charge in [-0.1, -0.05) is 22.8 Å². The summed E-state index contributed by atoms with van der Waals surface area (Å²) in [6.07, 6.45) is 1.49. The number of thiophene rings is 1. The minimum absolute atomic E-state index is 0.207. The van der Waals surface area contributed by atoms with Crippen molar-refractivity contribution in [1.29, 1.82) is 0 Å². The third-order valence-electron chi connectivity index (χ3n) is 3.58. The number of rotatable bonds is 4. The zero-order chi connectivity index (χ0) is 17.5. The van der Waals surface area contributed by atoms with E-state index in [1.807, 2.05) is 13.8 Å². The number of anilines is 1. The molecule has 0 radical (unpaired) electrons. The minimum atomic E-state index is -3.80. The smallest absolute Gasteiger partial charge is 0.263 e. The summed E-state index contributed by atoms with van der Waals surface area (Å²) in [6, 6.07) is 6.69. The van der Waals surface area contributed by atoms with Crippen molar-refractivity contribution >= 4 is 38.6 Å². The molecule has 0 bridgehead atoms. The number of sulfonamides is 1. The van der Waals surface area contributed by atoms with Gasteiger partial charge in [-0.25, -0.2) is 8.42 Å². The number of hydrogen-bond acceptors (Lipinski definition) is 5. The van der Waals surface area contributed by atoms with Gasteiger partial charge in [0.15, 0.2) is 5.76 Å². The Kier molecular flexibility index (Phi) is 4.42. The van der Waals surface area contributed by atoms with Crippen LogP contribution in [0.25, 0.3) is 11.3 Å². The Morgan fingerprint density at radius 3 is 2.54 bits per heavy atom. The molecule has 0 saturated heterocycles. The highest BCUT2D eigenvalue weighted by Gasteiger charge is 2.28. The summed E-state index contributed by atoms with van der Waals surface area (Å²) in [7, 11) is -3.80. The molecule has 5 nitrogen and oxygen atoms in total. The molecular formula is C16H15ClN2O3S2. The van der Waals surface area contributed by atoms with Gasteiger partial charge in [-0.15, -0.1) is 11.3 Å². The summed E-state index contributed by atoms with van der Waals surface area (Å²) < 4.78 is 33.6. The van der Waals surface area contributed by atoms with E-state index >= 15 is 0 Å². The van der Waals surface area contributed by atoms with Crippen LogP contribution in [0.2, 0.25) is 5.02 Å². The quantitative estimate of drug-likeness (QED) is 0.704. The van der Waals surface area contributed by atoms with Crippen molar-refractivity contribution in [1.82, 2.24) is 5.16 Å². The van der Waals surface area contributed by atoms with E-state index in [4.69, 9.17) is 16.1 Å². The molecule has 8 heteroatoms. The van der Waals surface area contributed by atoms with Crippen LogP contribution in [0, 0.1) is 20.8 Å². The molecule has 1 aromatic carbocycles. The Bertz CT molecular complexity index is 993. The first-order valence-corrected chi connectivity index (χ1v) is 9.77. The summed E-state index contributed by atoms with van der Waals surface area (Å²) in [5.41, 5.74) is 1.84. The Balaban J connectivity index is 2.09. The first-order chi connectivity index (χ1) is 11.3. The number of nitrogens with zero attached hydrogens (tertiary/aromatic N) is 1. The molecule has 3 rings (SSSR count). The lowest BCUT2D eigenvalue weighted by Crippen LogP contribution is -2.14. The summed E-state index contributed by atoms with van der Waals surface area (Å²) >= 11 is 7.48. The van der Waals surface area contributed by atoms with Gasteiger partial charge in [-0.2, -0.15) is 0 Å². The maximum atomic E-state index is 12.9. The lowest BCUT2D eigenvalue weighted by Gasteiger charge is -2.10. The van der Waals surface area contributed by atoms with Crippen molar-refractivity contribution in [3.05, 3.63) is 50.8 Å². The van der Waals surface area contributed by atoms with Crippen LogP contribution in [0.1, 0.15) is 15.3 Å². The van der Waals surface area contributed by atoms with Crippen molar-refractivity contribution in [3.8, 4) is 11.3 Å². The lowest BCUT2D eigenvalue weighted by atomic mass is 10.2. The van der Waals surface area contributed by atoms with Gasteiger partial charge in [0.05, 0.1) is 17.4 Å². The summed E-state index contributed by atoms with van der Waals surface area (Å²) in [6.45, 7) is 5.49. The van der Waals surface area contributed by atoms with E-state index in [0.29, 0.717) is 26.9 Å². The summed E-state index contributed by atoms with van der Waals surface area (Å²) in [5.74, 6) is 0.430. The molecule has 1 N–H and O–H groups in total. The van der Waals surface area contributed by atoms with Crippen LogP contribution in [0.4, 0.5) is 5.69 Å². The fourth-order valence-corrected chi connectivity index (χ4v) is 5.58. The summed E-state index contributed by atoms with van der Waals surface area (Å²) in [4.78, 5) is 1.75. The average Bonchev–Trinajstić information content (AvgIpc) is 3.10. The normalized spacial score (nSPS) is 11.7. The van der Waals surface area contributed by atoms with E-state index < -0.39 is 10.0 Å². The van der Waals surface area contributed by atoms with Gasteiger partial charge in [0.25, 0.3) is 10.0 Å². The summed E-state index contributed by atoms with van der Waals surface area (Å²) in [5, 5.41) is 4.18. The number of benzene rings is 1. The molecule has 24 heavy (non-hydrogen) atoms. The SMILES string of the molecule is Cc1ccc(NS(=O)(=O)c2c(C)sc(C)c2-c2ccno2)cc1Cl. The fraction of sp³-hybridized carbons (Fsp3) is 0.188. The second-order valence-electron chi connectivity index (χ2n) is 5.36. The minimum Gasteiger partial charge on any atom is -0.356 e. The largest absolute Gasteiger partial charge is 0.356 e. The molecule has 0 aliphatic heterocycles. The third-order valence-corrected chi connectivity index (χ3v) is 6.69. The lowest BCUT2D eigenvalue weighted by molar-refractivity contribution is 0.431. The van der Waals surface area contributed by atoms with Crippen molar-refractivity contribution < 1.29 is 12.9 Å². The second-order valence-corrected chi connectivity index (χ2v) is 8.82. The highest BCUT2D eigenvalue weighted by Crippen LogP contribution is 2.39. The number of nitrogens with one attached hydrogen (secondary N) is 1. The van der Waals surface area contributed by atoms with E-state index in [9.17, 15) is 8.42 Å². The molecule has 0 spiro atoms. The molecule has 2 heterocycles. The van der Waals surface area contributed by atoms with Crippen LogP contribution in [0.3, 0.4) is 0 Å². The second kappa shape index (κ2) is 6.23. The first-order valence-electron chi connectivity index (χ1n) is 7.09. The fourth-order valence-electron chi connectivity index (χ4n) is 2.48. The average molecular weight is 383 g/mol. The Morgan fingerprint density at radius 2 is 1.92 bits per heavy atom. The van der Waals surface area contributed by atoms with E-state index in [0.717, 1.165) is 10.4 Å². The van der Waals surface area contributed by atoms with Gasteiger partial charge in [-0.3, -0.25) is 4.72 Å². The zero-order valence-electron chi connectivity index (χ0n) is 13.3. The maximum absolute atomic E-state index is 12.9. The predicted octanol–water partition coefficient (Wildman–Crippen LogP) is 4.78. The molecule has 0 amide bonds. The van der Waals surface area contributed by atoms with Gasteiger partial charge in [-0.05, 0) is 38.5 Å². The number of aromatic nitrogens is 1. The maximum Gasteiger partial charge on any atom is 0.263 e. The van der Waals surface area contributed by atoms with E-state index in [1.165, 1.54) is 17.5 Å². The molecule has 0 fully saturated rings. The van der Waals surface area contributed by atoms with Gasteiger partial charge in [0, 0.05) is 20.8 Å². The molecule has 0 aliphatic rings. The first kappa shape index (κ1) is 17.0. The molecular weight excluding hydrogens is 368 g/mol. The van der Waals surface area contributed by atoms with Gasteiger partial charge in [0.2, 0.25) is 0 Å². The Labute approximate surface area is 149 Å². The number of halogens is 1. The van der Waals surface area contributed by atoms with Gasteiger partial charge in [0.1, 0.15) is 4.90 Å². The Morgan fingerprint density at radius 1 is 1.17 bits per heavy atom. The van der Waals surface area contributed by atoms with Crippen LogP contribution in [0.15, 0.2) is 39.9 Å². The Hall–Kier alpha value is -1.83. The van der Waals surface area contributed by atoms with Crippen LogP contribution >= 0.6 is 22.9 Å². The van der Waals surface area contributed by atoms with E-state index in [2.05, 4.69) is 9.88 Å². The molecule has 0 unspecified atom stereocenters. The highest BCUT2D eigenvalue weighted by atomic mass is 35.5. The van der Waals surface area contributed by atoms with Crippen molar-refractivity contribution in [2.45, 2.75) is 25.7 Å². The van der Waals surface area contributed by atoms with Crippen molar-refractivity contribution in [3.63, 3.8) is 0 Å². The molecule has 0 aliphatic carbocycles. The molecule has 3 aromatic rings. The zero-order valence-corrected chi connectivity index (χ0v) is 15.6. The van der Waals surface area contributed by atoms with E-state index in [1.54, 1.807) is 31.2 Å². The monoisotopic (exact) mass is 382 g/mol. The van der Waals surface area contributed by atoms with Crippen molar-refractivity contribution in [2.75, 3.05) is 4.72 Å². The number of aryl methyl sites for hydroxylation is 3. The van der Waals surface area contributed by atoms with E-state index in [-0.39, 0.29) is 4.90 Å². The van der Waals surface area contributed by atoms with Crippen LogP contribution in [-0.2, 0) is 10.0 Å². The molecule has 2 aromatic heterocycles. The standard InChI is InChI=1S/C16H15ClN2O3S2/c1-9-4-5-12(8-13(9)17)19-24(20,21)16-11(3)23-10(2)15(16)14-6-7-18-22-14/h4-8,19H,1-3H3. The molecule has 126 valence electrons. The molecule has 0 atom stereocenters. The van der Waals surface area contributed by atoms with Crippen LogP contribution < -0.4 is 4.72 Å². The third kappa shape index (κ3) is 3.07. The van der Waals surface area contributed by atoms with Crippen molar-refractivity contribution in [2.24, 2.45) is 0 Å². The van der Waals surface area contributed by atoms with Gasteiger partial charge < -0.3 is 4.52 Å². The molecule has 0 saturated carbocycles. The predicted molar refractivity (Wildman–Crippen MR) is 96.3 cm³/mol.